The lowest BCUT2D eigenvalue weighted by Crippen LogP contribution is -2.28. The van der Waals surface area contributed by atoms with Gasteiger partial charge in [0, 0.05) is 24.5 Å². The van der Waals surface area contributed by atoms with E-state index in [9.17, 15) is 4.79 Å². The summed E-state index contributed by atoms with van der Waals surface area (Å²) in [5, 5.41) is 3.94. The zero-order chi connectivity index (χ0) is 14.8. The fraction of sp³-hybridized carbons (Fsp3) is 0.375. The van der Waals surface area contributed by atoms with Crippen molar-refractivity contribution in [3.05, 3.63) is 40.4 Å². The first-order valence-electron chi connectivity index (χ1n) is 7.30. The van der Waals surface area contributed by atoms with Gasteiger partial charge >= 0.3 is 0 Å². The first kappa shape index (κ1) is 14.2. The lowest BCUT2D eigenvalue weighted by molar-refractivity contribution is -0.112. The fourth-order valence-corrected chi connectivity index (χ4v) is 3.57. The van der Waals surface area contributed by atoms with Crippen molar-refractivity contribution in [2.75, 3.05) is 18.4 Å². The molecular formula is C16H19N3OS. The smallest absolute Gasteiger partial charge is 0.264 e. The molecule has 0 atom stereocenters. The van der Waals surface area contributed by atoms with Crippen molar-refractivity contribution in [1.82, 2.24) is 4.90 Å². The van der Waals surface area contributed by atoms with Gasteiger partial charge in [-0.25, -0.2) is 0 Å². The summed E-state index contributed by atoms with van der Waals surface area (Å²) in [6.45, 7) is 5.93. The molecule has 0 saturated carbocycles. The number of aliphatic imine (C=N–C) groups is 1. The number of hydrogen-bond donors (Lipinski definition) is 1. The summed E-state index contributed by atoms with van der Waals surface area (Å²) in [6, 6.07) is 8.01. The molecule has 3 rings (SSSR count). The first-order valence-corrected chi connectivity index (χ1v) is 8.11. The first-order chi connectivity index (χ1) is 10.2. The van der Waals surface area contributed by atoms with Crippen LogP contribution in [0.1, 0.15) is 25.8 Å². The summed E-state index contributed by atoms with van der Waals surface area (Å²) in [7, 11) is 0. The van der Waals surface area contributed by atoms with Crippen LogP contribution >= 0.6 is 11.8 Å². The van der Waals surface area contributed by atoms with Crippen LogP contribution in [0.25, 0.3) is 0 Å². The molecule has 0 aromatic heterocycles. The summed E-state index contributed by atoms with van der Waals surface area (Å²) in [4.78, 5) is 19.8. The van der Waals surface area contributed by atoms with Crippen LogP contribution in [0.5, 0.6) is 0 Å². The molecule has 1 aromatic rings. The van der Waals surface area contributed by atoms with Crippen LogP contribution in [-0.2, 0) is 11.2 Å². The molecule has 110 valence electrons. The number of fused-ring (bicyclic) bond motifs is 1. The van der Waals surface area contributed by atoms with E-state index >= 15 is 0 Å². The van der Waals surface area contributed by atoms with Crippen molar-refractivity contribution in [2.45, 2.75) is 26.7 Å². The van der Waals surface area contributed by atoms with E-state index in [1.54, 1.807) is 0 Å². The number of hydrogen-bond acceptors (Lipinski definition) is 4. The normalized spacial score (nSPS) is 17.6. The second-order valence-corrected chi connectivity index (χ2v) is 6.17. The number of thioether (sulfide) groups is 1. The third kappa shape index (κ3) is 2.83. The molecular weight excluding hydrogens is 282 g/mol. The van der Waals surface area contributed by atoms with E-state index in [1.165, 1.54) is 17.3 Å². The Kier molecular flexibility index (Phi) is 4.01. The lowest BCUT2D eigenvalue weighted by Gasteiger charge is -2.23. The van der Waals surface area contributed by atoms with E-state index in [0.717, 1.165) is 47.4 Å². The molecule has 2 aliphatic heterocycles. The predicted molar refractivity (Wildman–Crippen MR) is 88.4 cm³/mol. The molecule has 1 aromatic carbocycles. The maximum atomic E-state index is 12.5. The van der Waals surface area contributed by atoms with Gasteiger partial charge in [0.1, 0.15) is 0 Å². The fourth-order valence-electron chi connectivity index (χ4n) is 2.49. The van der Waals surface area contributed by atoms with E-state index in [-0.39, 0.29) is 5.91 Å². The Hall–Kier alpha value is -1.75. The Labute approximate surface area is 129 Å². The highest BCUT2D eigenvalue weighted by molar-refractivity contribution is 8.18. The van der Waals surface area contributed by atoms with Crippen LogP contribution in [0, 0.1) is 0 Å². The topological polar surface area (TPSA) is 44.7 Å². The number of anilines is 1. The number of carbonyl (C=O) groups is 1. The van der Waals surface area contributed by atoms with Gasteiger partial charge < -0.3 is 10.2 Å². The second kappa shape index (κ2) is 5.93. The molecule has 2 aliphatic rings. The third-order valence-corrected chi connectivity index (χ3v) is 4.99. The molecule has 0 bridgehead atoms. The number of benzene rings is 1. The van der Waals surface area contributed by atoms with Gasteiger partial charge in [-0.3, -0.25) is 9.79 Å². The molecule has 4 nitrogen and oxygen atoms in total. The number of rotatable bonds is 3. The van der Waals surface area contributed by atoms with Gasteiger partial charge in [-0.2, -0.15) is 0 Å². The molecule has 5 heteroatoms. The van der Waals surface area contributed by atoms with Crippen LogP contribution < -0.4 is 5.32 Å². The van der Waals surface area contributed by atoms with E-state index in [4.69, 9.17) is 0 Å². The van der Waals surface area contributed by atoms with Gasteiger partial charge in [0.05, 0.1) is 4.91 Å². The van der Waals surface area contributed by atoms with Crippen LogP contribution in [0.15, 0.2) is 39.9 Å². The summed E-state index contributed by atoms with van der Waals surface area (Å²) in [5.41, 5.74) is 3.12. The van der Waals surface area contributed by atoms with Crippen molar-refractivity contribution < 1.29 is 4.79 Å². The lowest BCUT2D eigenvalue weighted by atomic mass is 10.1. The van der Waals surface area contributed by atoms with Gasteiger partial charge in [-0.15, -0.1) is 0 Å². The van der Waals surface area contributed by atoms with Crippen molar-refractivity contribution in [3.8, 4) is 0 Å². The largest absolute Gasteiger partial charge is 0.324 e. The zero-order valence-corrected chi connectivity index (χ0v) is 13.2. The third-order valence-electron chi connectivity index (χ3n) is 3.77. The van der Waals surface area contributed by atoms with Crippen LogP contribution in [0.4, 0.5) is 5.69 Å². The highest BCUT2D eigenvalue weighted by Crippen LogP contribution is 2.36. The summed E-state index contributed by atoms with van der Waals surface area (Å²) >= 11 is 1.48. The number of carbonyl (C=O) groups excluding carboxylic acids is 1. The zero-order valence-electron chi connectivity index (χ0n) is 12.3. The van der Waals surface area contributed by atoms with Gasteiger partial charge in [0.2, 0.25) is 0 Å². The molecule has 1 N–H and O–H groups in total. The van der Waals surface area contributed by atoms with Crippen molar-refractivity contribution in [1.29, 1.82) is 0 Å². The van der Waals surface area contributed by atoms with E-state index in [1.807, 2.05) is 31.2 Å². The number of nitrogens with one attached hydrogen (secondary N) is 1. The Morgan fingerprint density at radius 1 is 1.38 bits per heavy atom. The standard InChI is InChI=1S/C16H19N3OS/c1-3-12-5-7-13(8-6-12)18-15(20)14-11(2)19-10-4-9-17-16(19)21-14/h5-8H,3-4,9-10H2,1-2H3,(H,18,20). The predicted octanol–water partition coefficient (Wildman–Crippen LogP) is 3.23. The molecule has 0 aliphatic carbocycles. The van der Waals surface area contributed by atoms with E-state index < -0.39 is 0 Å². The summed E-state index contributed by atoms with van der Waals surface area (Å²) < 4.78 is 0. The molecule has 21 heavy (non-hydrogen) atoms. The molecule has 1 amide bonds. The minimum atomic E-state index is -0.0427. The van der Waals surface area contributed by atoms with Crippen molar-refractivity contribution in [3.63, 3.8) is 0 Å². The van der Waals surface area contributed by atoms with Crippen LogP contribution in [0.3, 0.4) is 0 Å². The van der Waals surface area contributed by atoms with Crippen LogP contribution in [0.2, 0.25) is 0 Å². The highest BCUT2D eigenvalue weighted by atomic mass is 32.2. The van der Waals surface area contributed by atoms with Crippen LogP contribution in [-0.4, -0.2) is 29.1 Å². The number of amidine groups is 1. The average Bonchev–Trinajstić information content (AvgIpc) is 2.86. The van der Waals surface area contributed by atoms with Gasteiger partial charge in [-0.1, -0.05) is 19.1 Å². The minimum absolute atomic E-state index is 0.0427. The second-order valence-electron chi connectivity index (χ2n) is 5.19. The quantitative estimate of drug-likeness (QED) is 0.932. The molecule has 0 spiro atoms. The molecule has 0 unspecified atom stereocenters. The number of nitrogens with zero attached hydrogens (tertiary/aromatic N) is 2. The monoisotopic (exact) mass is 301 g/mol. The van der Waals surface area contributed by atoms with Gasteiger partial charge in [0.15, 0.2) is 5.17 Å². The number of aryl methyl sites for hydroxylation is 1. The van der Waals surface area contributed by atoms with Gasteiger partial charge in [0.25, 0.3) is 5.91 Å². The maximum absolute atomic E-state index is 12.5. The Morgan fingerprint density at radius 2 is 2.14 bits per heavy atom. The Morgan fingerprint density at radius 3 is 2.81 bits per heavy atom. The van der Waals surface area contributed by atoms with E-state index in [0.29, 0.717) is 0 Å². The number of amides is 1. The van der Waals surface area contributed by atoms with Gasteiger partial charge in [-0.05, 0) is 49.2 Å². The molecule has 0 saturated heterocycles. The summed E-state index contributed by atoms with van der Waals surface area (Å²) in [6.07, 6.45) is 2.05. The average molecular weight is 301 g/mol. The molecule has 0 fully saturated rings. The minimum Gasteiger partial charge on any atom is -0.324 e. The Balaban J connectivity index is 1.74. The van der Waals surface area contributed by atoms with Crippen molar-refractivity contribution >= 4 is 28.5 Å². The summed E-state index contributed by atoms with van der Waals surface area (Å²) in [5.74, 6) is -0.0427. The van der Waals surface area contributed by atoms with Crippen molar-refractivity contribution in [2.24, 2.45) is 4.99 Å². The SMILES string of the molecule is CCc1ccc(NC(=O)C2=C(C)N3CCCN=C3S2)cc1. The number of allylic oxidation sites excluding steroid dienone is 1. The molecule has 2 heterocycles. The molecule has 0 radical (unpaired) electrons. The maximum Gasteiger partial charge on any atom is 0.264 e. The van der Waals surface area contributed by atoms with E-state index in [2.05, 4.69) is 22.1 Å². The highest BCUT2D eigenvalue weighted by Gasteiger charge is 2.31. The Bertz CT molecular complexity index is 619.